The molecule has 1 amide bonds. The summed E-state index contributed by atoms with van der Waals surface area (Å²) in [4.78, 5) is 25.7. The van der Waals surface area contributed by atoms with Gasteiger partial charge in [0, 0.05) is 25.7 Å². The molecule has 1 saturated heterocycles. The van der Waals surface area contributed by atoms with E-state index in [4.69, 9.17) is 14.2 Å². The van der Waals surface area contributed by atoms with Crippen molar-refractivity contribution >= 4 is 11.6 Å². The third-order valence-electron chi connectivity index (χ3n) is 5.45. The van der Waals surface area contributed by atoms with Gasteiger partial charge in [0.25, 0.3) is 11.6 Å². The third kappa shape index (κ3) is 5.95. The summed E-state index contributed by atoms with van der Waals surface area (Å²) >= 11 is 0. The number of unbranched alkanes of at least 4 members (excludes halogenated alkanes) is 1. The highest BCUT2D eigenvalue weighted by molar-refractivity contribution is 5.99. The number of nitro groups is 1. The average Bonchev–Trinajstić information content (AvgIpc) is 2.83. The maximum Gasteiger partial charge on any atom is 0.286 e. The normalized spacial score (nSPS) is 16.4. The first-order chi connectivity index (χ1) is 15.5. The zero-order valence-corrected chi connectivity index (χ0v) is 18.4. The monoisotopic (exact) mass is 443 g/mol. The number of carbonyl (C=O) groups excluding carboxylic acids is 1. The second-order valence-electron chi connectivity index (χ2n) is 7.52. The van der Waals surface area contributed by atoms with Crippen molar-refractivity contribution < 1.29 is 23.9 Å². The van der Waals surface area contributed by atoms with Crippen LogP contribution >= 0.6 is 0 Å². The minimum Gasteiger partial charge on any atom is -0.493 e. The summed E-state index contributed by atoms with van der Waals surface area (Å²) in [7, 11) is 2.80. The second-order valence-corrected chi connectivity index (χ2v) is 7.52. The summed E-state index contributed by atoms with van der Waals surface area (Å²) in [6.07, 6.45) is 1.74. The van der Waals surface area contributed by atoms with Crippen LogP contribution in [-0.4, -0.2) is 62.7 Å². The number of amides is 1. The van der Waals surface area contributed by atoms with Crippen LogP contribution in [0.5, 0.6) is 11.5 Å². The van der Waals surface area contributed by atoms with E-state index in [-0.39, 0.29) is 28.9 Å². The van der Waals surface area contributed by atoms with Crippen molar-refractivity contribution in [3.8, 4) is 11.5 Å². The van der Waals surface area contributed by atoms with Crippen molar-refractivity contribution in [2.24, 2.45) is 0 Å². The van der Waals surface area contributed by atoms with Crippen LogP contribution in [0.3, 0.4) is 0 Å². The van der Waals surface area contributed by atoms with Crippen LogP contribution in [0, 0.1) is 10.1 Å². The Hall–Kier alpha value is -3.17. The van der Waals surface area contributed by atoms with Gasteiger partial charge in [0.2, 0.25) is 0 Å². The van der Waals surface area contributed by atoms with Crippen molar-refractivity contribution in [1.29, 1.82) is 0 Å². The first-order valence-electron chi connectivity index (χ1n) is 10.6. The van der Waals surface area contributed by atoms with Crippen molar-refractivity contribution in [2.45, 2.75) is 18.9 Å². The molecule has 1 fully saturated rings. The Balaban J connectivity index is 1.48. The summed E-state index contributed by atoms with van der Waals surface area (Å²) in [5.74, 6) is -0.0354. The quantitative estimate of drug-likeness (QED) is 0.342. The molecule has 0 spiro atoms. The molecule has 0 saturated carbocycles. The van der Waals surface area contributed by atoms with Crippen molar-refractivity contribution in [3.05, 3.63) is 63.7 Å². The molecule has 1 unspecified atom stereocenters. The fraction of sp³-hybridized carbons (Fsp3) is 0.435. The van der Waals surface area contributed by atoms with Gasteiger partial charge in [0.05, 0.1) is 37.9 Å². The van der Waals surface area contributed by atoms with Crippen molar-refractivity contribution in [3.63, 3.8) is 0 Å². The number of rotatable bonds is 10. The highest BCUT2D eigenvalue weighted by Gasteiger charge is 2.24. The van der Waals surface area contributed by atoms with Gasteiger partial charge in [0.15, 0.2) is 11.5 Å². The number of benzene rings is 2. The van der Waals surface area contributed by atoms with Gasteiger partial charge in [-0.05, 0) is 24.9 Å². The van der Waals surface area contributed by atoms with Gasteiger partial charge in [-0.25, -0.2) is 0 Å². The number of carbonyl (C=O) groups is 1. The molecule has 172 valence electrons. The SMILES string of the molecule is COc1cc(C(=O)NCCCCN2CCOC(c3ccccc3)C2)c([N+](=O)[O-])cc1OC. The summed E-state index contributed by atoms with van der Waals surface area (Å²) in [5.41, 5.74) is 0.813. The van der Waals surface area contributed by atoms with Gasteiger partial charge in [-0.3, -0.25) is 19.8 Å². The molecule has 32 heavy (non-hydrogen) atoms. The highest BCUT2D eigenvalue weighted by Crippen LogP contribution is 2.34. The number of morpholine rings is 1. The van der Waals surface area contributed by atoms with Crippen LogP contribution in [0.4, 0.5) is 5.69 Å². The molecule has 0 bridgehead atoms. The molecule has 9 nitrogen and oxygen atoms in total. The first kappa shape index (κ1) is 23.5. The summed E-state index contributed by atoms with van der Waals surface area (Å²) in [6.45, 7) is 3.75. The molecule has 1 atom stereocenters. The van der Waals surface area contributed by atoms with E-state index in [0.717, 1.165) is 32.5 Å². The van der Waals surface area contributed by atoms with Crippen LogP contribution in [0.25, 0.3) is 0 Å². The Kier molecular flexibility index (Phi) is 8.41. The maximum atomic E-state index is 12.6. The standard InChI is InChI=1S/C23H29N3O6/c1-30-20-14-18(19(26(28)29)15-21(20)31-2)23(27)24-10-6-7-11-25-12-13-32-22(16-25)17-8-4-3-5-9-17/h3-5,8-9,14-15,22H,6-7,10-13,16H2,1-2H3,(H,24,27). The Labute approximate surface area is 187 Å². The van der Waals surface area contributed by atoms with Crippen LogP contribution in [0.2, 0.25) is 0 Å². The summed E-state index contributed by atoms with van der Waals surface area (Å²) < 4.78 is 16.2. The summed E-state index contributed by atoms with van der Waals surface area (Å²) in [5, 5.41) is 14.2. The maximum absolute atomic E-state index is 12.6. The van der Waals surface area contributed by atoms with E-state index >= 15 is 0 Å². The van der Waals surface area contributed by atoms with Crippen LogP contribution in [-0.2, 0) is 4.74 Å². The predicted molar refractivity (Wildman–Crippen MR) is 119 cm³/mol. The zero-order chi connectivity index (χ0) is 22.9. The van der Waals surface area contributed by atoms with E-state index in [0.29, 0.717) is 13.2 Å². The zero-order valence-electron chi connectivity index (χ0n) is 18.4. The van der Waals surface area contributed by atoms with Crippen LogP contribution in [0.15, 0.2) is 42.5 Å². The molecular formula is C23H29N3O6. The average molecular weight is 444 g/mol. The minimum atomic E-state index is -0.599. The van der Waals surface area contributed by atoms with Crippen molar-refractivity contribution in [1.82, 2.24) is 10.2 Å². The Morgan fingerprint density at radius 3 is 2.59 bits per heavy atom. The minimum absolute atomic E-state index is 0.0495. The molecule has 0 radical (unpaired) electrons. The van der Waals surface area contributed by atoms with Crippen molar-refractivity contribution in [2.75, 3.05) is 47.0 Å². The molecule has 3 rings (SSSR count). The van der Waals surface area contributed by atoms with Crippen LogP contribution in [0.1, 0.15) is 34.9 Å². The molecule has 0 aromatic heterocycles. The molecule has 9 heteroatoms. The lowest BCUT2D eigenvalue weighted by Crippen LogP contribution is -2.39. The molecule has 2 aromatic rings. The molecule has 1 aliphatic heterocycles. The third-order valence-corrected chi connectivity index (χ3v) is 5.45. The first-order valence-corrected chi connectivity index (χ1v) is 10.6. The molecule has 1 heterocycles. The fourth-order valence-electron chi connectivity index (χ4n) is 3.73. The molecule has 0 aliphatic carbocycles. The largest absolute Gasteiger partial charge is 0.493 e. The lowest BCUT2D eigenvalue weighted by Gasteiger charge is -2.33. The van der Waals surface area contributed by atoms with Gasteiger partial charge >= 0.3 is 0 Å². The summed E-state index contributed by atoms with van der Waals surface area (Å²) in [6, 6.07) is 12.7. The number of nitro benzene ring substituents is 1. The molecule has 2 aromatic carbocycles. The Morgan fingerprint density at radius 2 is 1.91 bits per heavy atom. The second kappa shape index (κ2) is 11.4. The number of ether oxygens (including phenoxy) is 3. The lowest BCUT2D eigenvalue weighted by molar-refractivity contribution is -0.385. The van der Waals surface area contributed by atoms with Gasteiger partial charge in [-0.1, -0.05) is 30.3 Å². The molecular weight excluding hydrogens is 414 g/mol. The lowest BCUT2D eigenvalue weighted by atomic mass is 10.1. The topological polar surface area (TPSA) is 103 Å². The number of nitrogens with zero attached hydrogens (tertiary/aromatic N) is 2. The van der Waals surface area contributed by atoms with Gasteiger partial charge < -0.3 is 19.5 Å². The van der Waals surface area contributed by atoms with E-state index < -0.39 is 10.8 Å². The predicted octanol–water partition coefficient (Wildman–Crippen LogP) is 3.20. The number of hydrogen-bond donors (Lipinski definition) is 1. The van der Waals surface area contributed by atoms with E-state index in [1.54, 1.807) is 0 Å². The number of hydrogen-bond acceptors (Lipinski definition) is 7. The molecule has 1 aliphatic rings. The van der Waals surface area contributed by atoms with Gasteiger partial charge in [-0.15, -0.1) is 0 Å². The fourth-order valence-corrected chi connectivity index (χ4v) is 3.73. The number of methoxy groups -OCH3 is 2. The van der Waals surface area contributed by atoms with E-state index in [9.17, 15) is 14.9 Å². The van der Waals surface area contributed by atoms with Gasteiger partial charge in [0.1, 0.15) is 5.56 Å². The van der Waals surface area contributed by atoms with E-state index in [1.165, 1.54) is 31.9 Å². The molecule has 1 N–H and O–H groups in total. The van der Waals surface area contributed by atoms with Crippen LogP contribution < -0.4 is 14.8 Å². The van der Waals surface area contributed by atoms with E-state index in [2.05, 4.69) is 22.3 Å². The smallest absolute Gasteiger partial charge is 0.286 e. The Bertz CT molecular complexity index is 921. The van der Waals surface area contributed by atoms with Gasteiger partial charge in [-0.2, -0.15) is 0 Å². The Morgan fingerprint density at radius 1 is 1.19 bits per heavy atom. The highest BCUT2D eigenvalue weighted by atomic mass is 16.6. The number of nitrogens with one attached hydrogen (secondary N) is 1. The van der Waals surface area contributed by atoms with E-state index in [1.807, 2.05) is 18.2 Å².